The Balaban J connectivity index is 1.97. The van der Waals surface area contributed by atoms with E-state index in [1.54, 1.807) is 6.92 Å². The number of nitrogens with one attached hydrogen (secondary N) is 1. The van der Waals surface area contributed by atoms with Gasteiger partial charge in [-0.2, -0.15) is 13.2 Å². The summed E-state index contributed by atoms with van der Waals surface area (Å²) in [4.78, 5) is 29.2. The number of carbonyl (C=O) groups is 2. The van der Waals surface area contributed by atoms with Gasteiger partial charge in [0.2, 0.25) is 11.8 Å². The average molecular weight is 321 g/mol. The van der Waals surface area contributed by atoms with E-state index in [-0.39, 0.29) is 13.0 Å². The van der Waals surface area contributed by atoms with Gasteiger partial charge in [0.05, 0.1) is 11.6 Å². The van der Waals surface area contributed by atoms with Crippen LogP contribution < -0.4 is 5.32 Å². The summed E-state index contributed by atoms with van der Waals surface area (Å²) in [5, 5.41) is 2.96. The molecule has 21 heavy (non-hydrogen) atoms. The molecule has 1 aromatic heterocycles. The van der Waals surface area contributed by atoms with Crippen LogP contribution in [-0.2, 0) is 9.59 Å². The highest BCUT2D eigenvalue weighted by atomic mass is 32.1. The summed E-state index contributed by atoms with van der Waals surface area (Å²) in [6, 6.07) is 0. The third-order valence-electron chi connectivity index (χ3n) is 3.21. The molecule has 0 aliphatic carbocycles. The van der Waals surface area contributed by atoms with Crippen LogP contribution >= 0.6 is 11.3 Å². The predicted octanol–water partition coefficient (Wildman–Crippen LogP) is 2.11. The van der Waals surface area contributed by atoms with Gasteiger partial charge in [-0.1, -0.05) is 0 Å². The highest BCUT2D eigenvalue weighted by molar-refractivity contribution is 7.15. The third-order valence-corrected chi connectivity index (χ3v) is 4.20. The molecule has 0 radical (unpaired) electrons. The van der Waals surface area contributed by atoms with E-state index in [1.807, 2.05) is 6.92 Å². The Morgan fingerprint density at radius 2 is 2.14 bits per heavy atom. The zero-order valence-electron chi connectivity index (χ0n) is 11.5. The smallest absolute Gasteiger partial charge is 0.333 e. The topological polar surface area (TPSA) is 62.3 Å². The lowest BCUT2D eigenvalue weighted by Gasteiger charge is -2.18. The second-order valence-corrected chi connectivity index (χ2v) is 6.14. The van der Waals surface area contributed by atoms with Crippen molar-refractivity contribution in [2.75, 3.05) is 18.4 Å². The first-order valence-corrected chi connectivity index (χ1v) is 7.07. The van der Waals surface area contributed by atoms with E-state index in [9.17, 15) is 22.8 Å². The molecule has 0 saturated carbocycles. The molecule has 5 nitrogen and oxygen atoms in total. The van der Waals surface area contributed by atoms with Gasteiger partial charge in [-0.05, 0) is 13.8 Å². The summed E-state index contributed by atoms with van der Waals surface area (Å²) < 4.78 is 36.9. The Labute approximate surface area is 123 Å². The normalized spacial score (nSPS) is 19.2. The first-order chi connectivity index (χ1) is 9.65. The molecule has 116 valence electrons. The molecule has 1 aliphatic heterocycles. The summed E-state index contributed by atoms with van der Waals surface area (Å²) >= 11 is 1.29. The van der Waals surface area contributed by atoms with Gasteiger partial charge >= 0.3 is 6.18 Å². The Kier molecular flexibility index (Phi) is 4.22. The molecule has 0 aromatic carbocycles. The first kappa shape index (κ1) is 15.7. The van der Waals surface area contributed by atoms with Crippen molar-refractivity contribution >= 4 is 28.3 Å². The molecule has 1 aromatic rings. The van der Waals surface area contributed by atoms with E-state index >= 15 is 0 Å². The number of carbonyl (C=O) groups excluding carboxylic acids is 2. The molecule has 2 rings (SSSR count). The van der Waals surface area contributed by atoms with Gasteiger partial charge in [0.25, 0.3) is 0 Å². The summed E-state index contributed by atoms with van der Waals surface area (Å²) in [5.41, 5.74) is 0.788. The van der Waals surface area contributed by atoms with Gasteiger partial charge in [0, 0.05) is 17.8 Å². The van der Waals surface area contributed by atoms with E-state index in [4.69, 9.17) is 0 Å². The number of anilines is 1. The molecule has 2 amide bonds. The van der Waals surface area contributed by atoms with E-state index in [0.717, 1.165) is 10.6 Å². The van der Waals surface area contributed by atoms with Crippen LogP contribution in [-0.4, -0.2) is 41.0 Å². The summed E-state index contributed by atoms with van der Waals surface area (Å²) in [6.45, 7) is 2.12. The molecular weight excluding hydrogens is 307 g/mol. The van der Waals surface area contributed by atoms with E-state index in [0.29, 0.717) is 10.0 Å². The summed E-state index contributed by atoms with van der Waals surface area (Å²) in [7, 11) is 0. The molecule has 1 unspecified atom stereocenters. The maximum Gasteiger partial charge on any atom is 0.406 e. The third kappa shape index (κ3) is 3.93. The van der Waals surface area contributed by atoms with E-state index in [1.165, 1.54) is 11.3 Å². The van der Waals surface area contributed by atoms with Crippen LogP contribution in [0.4, 0.5) is 18.3 Å². The SMILES string of the molecule is Cc1nc(NC(=O)C2CC(=O)N(CC(F)(F)F)C2)sc1C. The number of rotatable bonds is 3. The van der Waals surface area contributed by atoms with Crippen molar-refractivity contribution in [1.82, 2.24) is 9.88 Å². The number of likely N-dealkylation sites (tertiary alicyclic amines) is 1. The maximum absolute atomic E-state index is 12.3. The lowest BCUT2D eigenvalue weighted by Crippen LogP contribution is -2.36. The second kappa shape index (κ2) is 5.63. The van der Waals surface area contributed by atoms with Gasteiger partial charge in [0.1, 0.15) is 6.54 Å². The lowest BCUT2D eigenvalue weighted by atomic mass is 10.1. The van der Waals surface area contributed by atoms with Gasteiger partial charge in [-0.15, -0.1) is 11.3 Å². The van der Waals surface area contributed by atoms with Crippen molar-refractivity contribution in [3.63, 3.8) is 0 Å². The Morgan fingerprint density at radius 1 is 1.48 bits per heavy atom. The molecule has 1 saturated heterocycles. The van der Waals surface area contributed by atoms with Gasteiger partial charge < -0.3 is 10.2 Å². The summed E-state index contributed by atoms with van der Waals surface area (Å²) in [6.07, 6.45) is -4.66. The van der Waals surface area contributed by atoms with Crippen LogP contribution in [0.15, 0.2) is 0 Å². The number of amides is 2. The molecule has 1 aliphatic rings. The number of hydrogen-bond donors (Lipinski definition) is 1. The minimum Gasteiger partial charge on any atom is -0.333 e. The fraction of sp³-hybridized carbons (Fsp3) is 0.583. The van der Waals surface area contributed by atoms with Crippen LogP contribution in [0.5, 0.6) is 0 Å². The average Bonchev–Trinajstić information content (AvgIpc) is 2.82. The fourth-order valence-electron chi connectivity index (χ4n) is 2.05. The highest BCUT2D eigenvalue weighted by Gasteiger charge is 2.40. The van der Waals surface area contributed by atoms with Crippen molar-refractivity contribution in [2.24, 2.45) is 5.92 Å². The second-order valence-electron chi connectivity index (χ2n) is 4.94. The zero-order chi connectivity index (χ0) is 15.8. The number of aryl methyl sites for hydroxylation is 2. The fourth-order valence-corrected chi connectivity index (χ4v) is 2.87. The van der Waals surface area contributed by atoms with Crippen LogP contribution in [0.25, 0.3) is 0 Å². The monoisotopic (exact) mass is 321 g/mol. The summed E-state index contributed by atoms with van der Waals surface area (Å²) in [5.74, 6) is -1.90. The van der Waals surface area contributed by atoms with Crippen LogP contribution in [0.1, 0.15) is 17.0 Å². The molecular formula is C12H14F3N3O2S. The van der Waals surface area contributed by atoms with Crippen molar-refractivity contribution < 1.29 is 22.8 Å². The number of nitrogens with zero attached hydrogens (tertiary/aromatic N) is 2. The van der Waals surface area contributed by atoms with Crippen molar-refractivity contribution in [1.29, 1.82) is 0 Å². The Bertz CT molecular complexity index is 551. The van der Waals surface area contributed by atoms with Crippen LogP contribution in [0.2, 0.25) is 0 Å². The van der Waals surface area contributed by atoms with Gasteiger partial charge in [-0.25, -0.2) is 4.98 Å². The molecule has 2 heterocycles. The minimum atomic E-state index is -4.45. The predicted molar refractivity (Wildman–Crippen MR) is 71.0 cm³/mol. The molecule has 1 fully saturated rings. The molecule has 0 bridgehead atoms. The Hall–Kier alpha value is -1.64. The molecule has 1 atom stereocenters. The number of alkyl halides is 3. The van der Waals surface area contributed by atoms with Crippen molar-refractivity contribution in [2.45, 2.75) is 26.4 Å². The van der Waals surface area contributed by atoms with Crippen LogP contribution in [0.3, 0.4) is 0 Å². The number of aromatic nitrogens is 1. The van der Waals surface area contributed by atoms with Crippen molar-refractivity contribution in [3.05, 3.63) is 10.6 Å². The largest absolute Gasteiger partial charge is 0.406 e. The minimum absolute atomic E-state index is 0.203. The zero-order valence-corrected chi connectivity index (χ0v) is 12.3. The standard InChI is InChI=1S/C12H14F3N3O2S/c1-6-7(2)21-11(16-6)17-10(20)8-3-9(19)18(4-8)5-12(13,14)15/h8H,3-5H2,1-2H3,(H,16,17,20). The van der Waals surface area contributed by atoms with Gasteiger partial charge in [0.15, 0.2) is 5.13 Å². The molecule has 0 spiro atoms. The first-order valence-electron chi connectivity index (χ1n) is 6.25. The van der Waals surface area contributed by atoms with E-state index in [2.05, 4.69) is 10.3 Å². The quantitative estimate of drug-likeness (QED) is 0.927. The van der Waals surface area contributed by atoms with Gasteiger partial charge in [-0.3, -0.25) is 9.59 Å². The van der Waals surface area contributed by atoms with Crippen molar-refractivity contribution in [3.8, 4) is 0 Å². The Morgan fingerprint density at radius 3 is 2.67 bits per heavy atom. The molecule has 1 N–H and O–H groups in total. The number of halogens is 3. The lowest BCUT2D eigenvalue weighted by molar-refractivity contribution is -0.157. The number of thiazole rings is 1. The molecule has 9 heteroatoms. The number of hydrogen-bond acceptors (Lipinski definition) is 4. The van der Waals surface area contributed by atoms with E-state index < -0.39 is 30.5 Å². The maximum atomic E-state index is 12.3. The highest BCUT2D eigenvalue weighted by Crippen LogP contribution is 2.26. The van der Waals surface area contributed by atoms with Crippen LogP contribution in [0, 0.1) is 19.8 Å².